The molecule has 2 aliphatic rings. The molecule has 0 amide bonds. The lowest BCUT2D eigenvalue weighted by Gasteiger charge is -2.45. The van der Waals surface area contributed by atoms with Gasteiger partial charge in [0.1, 0.15) is 0 Å². The molecule has 10 aromatic rings. The standard InChI is InChI=1S/C60H49BN4/c1-59(2,3)42-26-30-44(31-27-42)64-50-34-24-38-16-10-12-20-46(38)54(50)61-55-47-21-13-11-17-39(47)25-35-51(55)65(45-32-28-43(29-33-45)60(4,5)6)53-37-41(36-52(64)56(53)61)58-62-49-23-15-14-22-48(49)57(63-58)40-18-8-7-9-19-40/h7-37H,1-6H3. The Morgan fingerprint density at radius 3 is 1.35 bits per heavy atom. The third-order valence-electron chi connectivity index (χ3n) is 13.8. The maximum absolute atomic E-state index is 5.50. The molecule has 0 bridgehead atoms. The highest BCUT2D eigenvalue weighted by molar-refractivity contribution is 7.02. The molecule has 0 fully saturated rings. The van der Waals surface area contributed by atoms with Crippen molar-refractivity contribution >= 4 is 89.7 Å². The second-order valence-electron chi connectivity index (χ2n) is 19.8. The fraction of sp³-hybridized carbons (Fsp3) is 0.133. The smallest absolute Gasteiger partial charge is 0.253 e. The van der Waals surface area contributed by atoms with Crippen molar-refractivity contribution in [2.75, 3.05) is 9.80 Å². The van der Waals surface area contributed by atoms with Crippen molar-refractivity contribution in [1.29, 1.82) is 0 Å². The molecule has 65 heavy (non-hydrogen) atoms. The van der Waals surface area contributed by atoms with Crippen molar-refractivity contribution < 1.29 is 0 Å². The van der Waals surface area contributed by atoms with Gasteiger partial charge >= 0.3 is 0 Å². The first-order valence-electron chi connectivity index (χ1n) is 22.9. The van der Waals surface area contributed by atoms with Crippen LogP contribution in [0.2, 0.25) is 0 Å². The predicted octanol–water partition coefficient (Wildman–Crippen LogP) is 13.9. The van der Waals surface area contributed by atoms with Crippen LogP contribution in [0.15, 0.2) is 188 Å². The highest BCUT2D eigenvalue weighted by atomic mass is 15.2. The average Bonchev–Trinajstić information content (AvgIpc) is 3.33. The zero-order chi connectivity index (χ0) is 44.2. The SMILES string of the molecule is CC(C)(C)c1ccc(N2c3cc(-c4nc(-c5ccccc5)c5ccccc5n4)cc4c3B(c3c2ccc2ccccc32)c2c(ccc3ccccc23)N4c2ccc(C(C)(C)C)cc2)cc1. The molecule has 312 valence electrons. The summed E-state index contributed by atoms with van der Waals surface area (Å²) >= 11 is 0. The van der Waals surface area contributed by atoms with E-state index in [9.17, 15) is 0 Å². The third kappa shape index (κ3) is 6.28. The van der Waals surface area contributed by atoms with Crippen LogP contribution in [0.3, 0.4) is 0 Å². The quantitative estimate of drug-likeness (QED) is 0.165. The topological polar surface area (TPSA) is 32.3 Å². The van der Waals surface area contributed by atoms with Crippen molar-refractivity contribution in [3.05, 3.63) is 199 Å². The average molecular weight is 837 g/mol. The third-order valence-corrected chi connectivity index (χ3v) is 13.8. The fourth-order valence-corrected chi connectivity index (χ4v) is 10.5. The Balaban J connectivity index is 1.23. The summed E-state index contributed by atoms with van der Waals surface area (Å²) in [5.41, 5.74) is 17.2. The molecule has 5 heteroatoms. The second kappa shape index (κ2) is 14.5. The first-order chi connectivity index (χ1) is 31.5. The molecule has 0 radical (unpaired) electrons. The van der Waals surface area contributed by atoms with Gasteiger partial charge in [-0.05, 0) is 114 Å². The van der Waals surface area contributed by atoms with E-state index in [1.54, 1.807) is 0 Å². The molecule has 0 saturated heterocycles. The summed E-state index contributed by atoms with van der Waals surface area (Å²) in [6.07, 6.45) is 0. The molecule has 0 saturated carbocycles. The molecule has 3 heterocycles. The summed E-state index contributed by atoms with van der Waals surface area (Å²) in [6, 6.07) is 69.3. The number of para-hydroxylation sites is 1. The van der Waals surface area contributed by atoms with Gasteiger partial charge in [-0.1, -0.05) is 175 Å². The molecule has 2 aliphatic heterocycles. The summed E-state index contributed by atoms with van der Waals surface area (Å²) < 4.78 is 0. The lowest BCUT2D eigenvalue weighted by molar-refractivity contribution is 0.590. The Labute approximate surface area is 382 Å². The van der Waals surface area contributed by atoms with Crippen molar-refractivity contribution in [1.82, 2.24) is 9.97 Å². The van der Waals surface area contributed by atoms with Crippen LogP contribution in [-0.2, 0) is 10.8 Å². The molecule has 0 atom stereocenters. The van der Waals surface area contributed by atoms with Crippen LogP contribution in [0.1, 0.15) is 52.7 Å². The Kier molecular flexibility index (Phi) is 8.74. The minimum absolute atomic E-state index is 0.0103. The minimum Gasteiger partial charge on any atom is -0.311 e. The Hall–Kier alpha value is -7.50. The van der Waals surface area contributed by atoms with Crippen LogP contribution in [-0.4, -0.2) is 16.7 Å². The van der Waals surface area contributed by atoms with Gasteiger partial charge in [0.05, 0.1) is 11.2 Å². The molecule has 1 aromatic heterocycles. The highest BCUT2D eigenvalue weighted by Crippen LogP contribution is 2.48. The largest absolute Gasteiger partial charge is 0.311 e. The van der Waals surface area contributed by atoms with E-state index in [0.29, 0.717) is 5.82 Å². The summed E-state index contributed by atoms with van der Waals surface area (Å²) in [5, 5.41) is 6.02. The molecular weight excluding hydrogens is 787 g/mol. The first-order valence-corrected chi connectivity index (χ1v) is 22.9. The van der Waals surface area contributed by atoms with Gasteiger partial charge in [0, 0.05) is 50.6 Å². The molecule has 0 unspecified atom stereocenters. The number of hydrogen-bond acceptors (Lipinski definition) is 4. The maximum Gasteiger partial charge on any atom is 0.253 e. The monoisotopic (exact) mass is 836 g/mol. The normalized spacial score (nSPS) is 13.3. The van der Waals surface area contributed by atoms with Crippen LogP contribution in [0, 0.1) is 0 Å². The second-order valence-corrected chi connectivity index (χ2v) is 19.8. The molecule has 0 spiro atoms. The molecule has 12 rings (SSSR count). The van der Waals surface area contributed by atoms with E-state index < -0.39 is 0 Å². The van der Waals surface area contributed by atoms with Crippen molar-refractivity contribution in [2.45, 2.75) is 52.4 Å². The van der Waals surface area contributed by atoms with Crippen molar-refractivity contribution in [2.24, 2.45) is 0 Å². The van der Waals surface area contributed by atoms with Crippen molar-refractivity contribution in [3.8, 4) is 22.6 Å². The number of benzene rings is 9. The number of aromatic nitrogens is 2. The van der Waals surface area contributed by atoms with Gasteiger partial charge in [0.25, 0.3) is 6.71 Å². The van der Waals surface area contributed by atoms with E-state index in [4.69, 9.17) is 9.97 Å². The van der Waals surface area contributed by atoms with Gasteiger partial charge < -0.3 is 9.80 Å². The highest BCUT2D eigenvalue weighted by Gasteiger charge is 2.45. The van der Waals surface area contributed by atoms with Crippen LogP contribution >= 0.6 is 0 Å². The fourth-order valence-electron chi connectivity index (χ4n) is 10.5. The van der Waals surface area contributed by atoms with Gasteiger partial charge in [0.2, 0.25) is 0 Å². The molecular formula is C60H49BN4. The first kappa shape index (κ1) is 39.1. The number of nitrogens with zero attached hydrogens (tertiary/aromatic N) is 4. The minimum atomic E-state index is -0.0798. The van der Waals surface area contributed by atoms with Gasteiger partial charge in [-0.3, -0.25) is 0 Å². The predicted molar refractivity (Wildman–Crippen MR) is 277 cm³/mol. The Morgan fingerprint density at radius 1 is 0.385 bits per heavy atom. The summed E-state index contributed by atoms with van der Waals surface area (Å²) in [6.45, 7) is 13.6. The van der Waals surface area contributed by atoms with E-state index in [0.717, 1.165) is 50.5 Å². The number of fused-ring (bicyclic) bond motifs is 9. The van der Waals surface area contributed by atoms with Gasteiger partial charge in [0.15, 0.2) is 5.82 Å². The zero-order valence-electron chi connectivity index (χ0n) is 37.8. The Bertz CT molecular complexity index is 3340. The van der Waals surface area contributed by atoms with E-state index >= 15 is 0 Å². The maximum atomic E-state index is 5.50. The lowest BCUT2D eigenvalue weighted by Crippen LogP contribution is -2.61. The van der Waals surface area contributed by atoms with Gasteiger partial charge in [-0.2, -0.15) is 0 Å². The van der Waals surface area contributed by atoms with Gasteiger partial charge in [-0.25, -0.2) is 9.97 Å². The molecule has 0 aliphatic carbocycles. The summed E-state index contributed by atoms with van der Waals surface area (Å²) in [7, 11) is 0. The van der Waals surface area contributed by atoms with E-state index in [-0.39, 0.29) is 17.5 Å². The summed E-state index contributed by atoms with van der Waals surface area (Å²) in [4.78, 5) is 15.9. The molecule has 9 aromatic carbocycles. The van der Waals surface area contributed by atoms with E-state index in [2.05, 4.69) is 239 Å². The number of anilines is 6. The number of rotatable bonds is 4. The molecule has 0 N–H and O–H groups in total. The van der Waals surface area contributed by atoms with Crippen LogP contribution in [0.5, 0.6) is 0 Å². The van der Waals surface area contributed by atoms with Crippen LogP contribution < -0.4 is 26.2 Å². The Morgan fingerprint density at radius 2 is 0.846 bits per heavy atom. The van der Waals surface area contributed by atoms with Crippen molar-refractivity contribution in [3.63, 3.8) is 0 Å². The molecule has 4 nitrogen and oxygen atoms in total. The lowest BCUT2D eigenvalue weighted by atomic mass is 9.32. The van der Waals surface area contributed by atoms with Gasteiger partial charge in [-0.15, -0.1) is 0 Å². The van der Waals surface area contributed by atoms with E-state index in [1.165, 1.54) is 60.4 Å². The zero-order valence-corrected chi connectivity index (χ0v) is 37.8. The van der Waals surface area contributed by atoms with E-state index in [1.807, 2.05) is 0 Å². The number of hydrogen-bond donors (Lipinski definition) is 0. The summed E-state index contributed by atoms with van der Waals surface area (Å²) in [5.74, 6) is 0.692. The van der Waals surface area contributed by atoms with Crippen LogP contribution in [0.4, 0.5) is 34.1 Å². The van der Waals surface area contributed by atoms with Crippen LogP contribution in [0.25, 0.3) is 55.1 Å².